The molecule has 0 unspecified atom stereocenters. The summed E-state index contributed by atoms with van der Waals surface area (Å²) in [6.45, 7) is 11.5. The fraction of sp³-hybridized carbons (Fsp3) is 0.879. The molecular weight excluding hydrogens is 710 g/mol. The van der Waals surface area contributed by atoms with Crippen LogP contribution in [0.1, 0.15) is 13.3 Å². The van der Waals surface area contributed by atoms with Gasteiger partial charge >= 0.3 is 5.97 Å². The van der Waals surface area contributed by atoms with E-state index in [0.29, 0.717) is 159 Å². The van der Waals surface area contributed by atoms with Crippen LogP contribution in [0, 0.1) is 0 Å². The molecule has 53 heavy (non-hydrogen) atoms. The number of carbonyl (C=O) groups excluding carboxylic acids is 3. The number of amides is 3. The second-order valence-electron chi connectivity index (χ2n) is 10.5. The minimum absolute atomic E-state index is 0.0114. The Morgan fingerprint density at radius 3 is 0.887 bits per heavy atom. The highest BCUT2D eigenvalue weighted by molar-refractivity contribution is 5.87. The molecule has 0 spiro atoms. The van der Waals surface area contributed by atoms with Crippen LogP contribution in [0.2, 0.25) is 0 Å². The molecule has 312 valence electrons. The lowest BCUT2D eigenvalue weighted by Gasteiger charge is -2.09. The summed E-state index contributed by atoms with van der Waals surface area (Å²) in [6, 6.07) is 0. The number of hydrogen-bond acceptors (Lipinski definition) is 16. The first-order valence-electron chi connectivity index (χ1n) is 17.8. The largest absolute Gasteiger partial charge is 0.481 e. The van der Waals surface area contributed by atoms with E-state index >= 15 is 0 Å². The Labute approximate surface area is 312 Å². The van der Waals surface area contributed by atoms with Crippen LogP contribution in [0.25, 0.3) is 0 Å². The lowest BCUT2D eigenvalue weighted by Crippen LogP contribution is -2.42. The van der Waals surface area contributed by atoms with Crippen molar-refractivity contribution in [1.29, 1.82) is 0 Å². The molecule has 0 aromatic rings. The summed E-state index contributed by atoms with van der Waals surface area (Å²) in [5.41, 5.74) is 0. The highest BCUT2D eigenvalue weighted by Gasteiger charge is 2.05. The molecule has 3 amide bonds. The number of rotatable bonds is 43. The van der Waals surface area contributed by atoms with Gasteiger partial charge in [0, 0.05) is 13.5 Å². The van der Waals surface area contributed by atoms with Crippen LogP contribution in [0.3, 0.4) is 0 Å². The van der Waals surface area contributed by atoms with Crippen molar-refractivity contribution in [2.24, 2.45) is 0 Å². The second kappa shape index (κ2) is 42.1. The molecule has 0 heterocycles. The number of aliphatic carboxylic acids is 1. The van der Waals surface area contributed by atoms with Crippen molar-refractivity contribution in [1.82, 2.24) is 16.0 Å². The topological polar surface area (TPSA) is 235 Å². The predicted molar refractivity (Wildman–Crippen MR) is 187 cm³/mol. The van der Waals surface area contributed by atoms with Gasteiger partial charge in [-0.1, -0.05) is 0 Å². The Morgan fingerprint density at radius 2 is 0.604 bits per heavy atom. The Hall–Kier alpha value is -2.60. The fourth-order valence-electron chi connectivity index (χ4n) is 3.45. The van der Waals surface area contributed by atoms with E-state index in [1.165, 1.54) is 6.92 Å². The van der Waals surface area contributed by atoms with Gasteiger partial charge in [-0.25, -0.2) is 0 Å². The Kier molecular flexibility index (Phi) is 40.1. The van der Waals surface area contributed by atoms with Crippen LogP contribution in [-0.2, 0) is 76.0 Å². The molecule has 0 rings (SSSR count). The minimum Gasteiger partial charge on any atom is -0.481 e. The fourth-order valence-corrected chi connectivity index (χ4v) is 3.45. The zero-order valence-electron chi connectivity index (χ0n) is 31.3. The quantitative estimate of drug-likeness (QED) is 0.0492. The minimum atomic E-state index is -0.882. The lowest BCUT2D eigenvalue weighted by atomic mass is 10.5. The van der Waals surface area contributed by atoms with E-state index in [0.717, 1.165) is 0 Å². The SMILES string of the molecule is CC(=O)NCC(=O)NCC(=O)NCCOCCOCCOCCOCCOCCOCCOCCOCCOCCOCCOCCOCCC(=O)O. The maximum atomic E-state index is 11.6. The third-order valence-electron chi connectivity index (χ3n) is 6.06. The van der Waals surface area contributed by atoms with Crippen molar-refractivity contribution >= 4 is 23.7 Å². The van der Waals surface area contributed by atoms with Crippen molar-refractivity contribution in [3.8, 4) is 0 Å². The molecule has 20 nitrogen and oxygen atoms in total. The first-order chi connectivity index (χ1) is 25.9. The standard InChI is InChI=1S/C33H63N3O17/c1-30(37)35-28-32(39)36-29-31(38)34-3-5-43-7-9-45-11-13-47-15-17-49-19-21-51-23-25-53-27-26-52-24-22-50-20-18-48-16-14-46-12-10-44-8-6-42-4-2-33(40)41/h2-29H2,1H3,(H,34,38)(H,35,37)(H,36,39)(H,40,41). The van der Waals surface area contributed by atoms with E-state index < -0.39 is 11.9 Å². The van der Waals surface area contributed by atoms with Crippen LogP contribution in [0.5, 0.6) is 0 Å². The number of hydrogen-bond donors (Lipinski definition) is 4. The summed E-state index contributed by atoms with van der Waals surface area (Å²) < 4.78 is 64.7. The molecule has 0 aromatic carbocycles. The van der Waals surface area contributed by atoms with E-state index in [1.807, 2.05) is 0 Å². The van der Waals surface area contributed by atoms with Gasteiger partial charge in [-0.05, 0) is 0 Å². The van der Waals surface area contributed by atoms with Crippen molar-refractivity contribution in [3.63, 3.8) is 0 Å². The third kappa shape index (κ3) is 45.5. The Bertz CT molecular complexity index is 860. The normalized spacial score (nSPS) is 11.1. The molecule has 0 bridgehead atoms. The van der Waals surface area contributed by atoms with Gasteiger partial charge in [0.2, 0.25) is 17.7 Å². The lowest BCUT2D eigenvalue weighted by molar-refractivity contribution is -0.138. The maximum Gasteiger partial charge on any atom is 0.305 e. The van der Waals surface area contributed by atoms with Crippen molar-refractivity contribution in [2.75, 3.05) is 178 Å². The van der Waals surface area contributed by atoms with Gasteiger partial charge in [0.25, 0.3) is 0 Å². The van der Waals surface area contributed by atoms with Crippen LogP contribution in [-0.4, -0.2) is 207 Å². The summed E-state index contributed by atoms with van der Waals surface area (Å²) in [5.74, 6) is -2.00. The van der Waals surface area contributed by atoms with E-state index in [2.05, 4.69) is 16.0 Å². The van der Waals surface area contributed by atoms with Gasteiger partial charge in [-0.2, -0.15) is 0 Å². The predicted octanol–water partition coefficient (Wildman–Crippen LogP) is -1.97. The van der Waals surface area contributed by atoms with Crippen LogP contribution < -0.4 is 16.0 Å². The van der Waals surface area contributed by atoms with Crippen LogP contribution in [0.15, 0.2) is 0 Å². The van der Waals surface area contributed by atoms with Gasteiger partial charge in [0.15, 0.2) is 0 Å². The van der Waals surface area contributed by atoms with Gasteiger partial charge in [0.05, 0.1) is 178 Å². The highest BCUT2D eigenvalue weighted by atomic mass is 16.6. The number of carboxylic acid groups (broad SMARTS) is 1. The van der Waals surface area contributed by atoms with E-state index in [4.69, 9.17) is 61.9 Å². The van der Waals surface area contributed by atoms with Crippen molar-refractivity contribution in [3.05, 3.63) is 0 Å². The average Bonchev–Trinajstić information content (AvgIpc) is 3.13. The monoisotopic (exact) mass is 773 g/mol. The summed E-state index contributed by atoms with van der Waals surface area (Å²) in [6.07, 6.45) is -0.0114. The number of ether oxygens (including phenoxy) is 12. The first-order valence-corrected chi connectivity index (χ1v) is 17.8. The second-order valence-corrected chi connectivity index (χ2v) is 10.5. The average molecular weight is 774 g/mol. The van der Waals surface area contributed by atoms with E-state index in [-0.39, 0.29) is 37.9 Å². The van der Waals surface area contributed by atoms with Gasteiger partial charge < -0.3 is 77.9 Å². The summed E-state index contributed by atoms with van der Waals surface area (Å²) >= 11 is 0. The molecular formula is C33H63N3O17. The third-order valence-corrected chi connectivity index (χ3v) is 6.06. The molecule has 0 saturated carbocycles. The maximum absolute atomic E-state index is 11.6. The Morgan fingerprint density at radius 1 is 0.358 bits per heavy atom. The zero-order chi connectivity index (χ0) is 38.7. The molecule has 0 fully saturated rings. The van der Waals surface area contributed by atoms with Crippen molar-refractivity contribution < 1.29 is 81.1 Å². The molecule has 0 radical (unpaired) electrons. The molecule has 0 atom stereocenters. The number of nitrogens with one attached hydrogen (secondary N) is 3. The van der Waals surface area contributed by atoms with E-state index in [1.54, 1.807) is 0 Å². The van der Waals surface area contributed by atoms with Gasteiger partial charge in [-0.15, -0.1) is 0 Å². The molecule has 0 aliphatic heterocycles. The zero-order valence-corrected chi connectivity index (χ0v) is 31.3. The Balaban J connectivity index is 3.14. The summed E-state index contributed by atoms with van der Waals surface area (Å²) in [7, 11) is 0. The highest BCUT2D eigenvalue weighted by Crippen LogP contribution is 1.88. The molecule has 0 saturated heterocycles. The van der Waals surface area contributed by atoms with Gasteiger partial charge in [-0.3, -0.25) is 19.2 Å². The molecule has 0 aromatic heterocycles. The summed E-state index contributed by atoms with van der Waals surface area (Å²) in [4.78, 5) is 44.1. The first kappa shape index (κ1) is 50.4. The summed E-state index contributed by atoms with van der Waals surface area (Å²) in [5, 5.41) is 15.8. The van der Waals surface area contributed by atoms with E-state index in [9.17, 15) is 19.2 Å². The van der Waals surface area contributed by atoms with Crippen molar-refractivity contribution in [2.45, 2.75) is 13.3 Å². The number of carbonyl (C=O) groups is 4. The van der Waals surface area contributed by atoms with Crippen LogP contribution in [0.4, 0.5) is 0 Å². The van der Waals surface area contributed by atoms with Crippen LogP contribution >= 0.6 is 0 Å². The molecule has 0 aliphatic rings. The molecule has 0 aliphatic carbocycles. The molecule has 20 heteroatoms. The van der Waals surface area contributed by atoms with Gasteiger partial charge in [0.1, 0.15) is 0 Å². The number of carboxylic acids is 1. The molecule has 4 N–H and O–H groups in total. The smallest absolute Gasteiger partial charge is 0.305 e.